The lowest BCUT2D eigenvalue weighted by atomic mass is 9.96. The molecule has 0 amide bonds. The second kappa shape index (κ2) is 5.53. The molecule has 0 saturated carbocycles. The van der Waals surface area contributed by atoms with E-state index in [9.17, 15) is 0 Å². The number of thioether (sulfide) groups is 1. The zero-order chi connectivity index (χ0) is 12.1. The van der Waals surface area contributed by atoms with Crippen LogP contribution in [-0.4, -0.2) is 33.1 Å². The predicted octanol–water partition coefficient (Wildman–Crippen LogP) is 1.86. The van der Waals surface area contributed by atoms with Gasteiger partial charge in [-0.15, -0.1) is 0 Å². The van der Waals surface area contributed by atoms with Crippen LogP contribution >= 0.6 is 11.8 Å². The third-order valence-electron chi connectivity index (χ3n) is 3.08. The van der Waals surface area contributed by atoms with Crippen LogP contribution in [0, 0.1) is 0 Å². The molecule has 0 bridgehead atoms. The van der Waals surface area contributed by atoms with Crippen LogP contribution in [0.15, 0.2) is 15.9 Å². The normalized spacial score (nSPS) is 27.1. The molecule has 0 radical (unpaired) electrons. The minimum atomic E-state index is 0.205. The van der Waals surface area contributed by atoms with E-state index >= 15 is 0 Å². The van der Waals surface area contributed by atoms with Gasteiger partial charge in [-0.3, -0.25) is 4.99 Å². The van der Waals surface area contributed by atoms with Crippen molar-refractivity contribution >= 4 is 16.9 Å². The Labute approximate surface area is 105 Å². The lowest BCUT2D eigenvalue weighted by Gasteiger charge is -2.35. The highest BCUT2D eigenvalue weighted by Crippen LogP contribution is 2.24. The summed E-state index contributed by atoms with van der Waals surface area (Å²) in [6.07, 6.45) is 4.39. The summed E-state index contributed by atoms with van der Waals surface area (Å²) in [6.45, 7) is 5.16. The highest BCUT2D eigenvalue weighted by molar-refractivity contribution is 8.13. The van der Waals surface area contributed by atoms with Gasteiger partial charge in [0.15, 0.2) is 11.0 Å². The molecule has 1 saturated heterocycles. The molecule has 0 spiro atoms. The third-order valence-corrected chi connectivity index (χ3v) is 3.99. The molecule has 2 rings (SSSR count). The molecule has 1 aliphatic rings. The summed E-state index contributed by atoms with van der Waals surface area (Å²) in [7, 11) is 0. The smallest absolute Gasteiger partial charge is 0.213 e. The van der Waals surface area contributed by atoms with E-state index in [-0.39, 0.29) is 5.54 Å². The van der Waals surface area contributed by atoms with E-state index in [0.29, 0.717) is 12.4 Å². The third kappa shape index (κ3) is 3.46. The Balaban J connectivity index is 1.85. The number of nitrogens with one attached hydrogen (secondary N) is 1. The molecule has 5 nitrogen and oxygen atoms in total. The van der Waals surface area contributed by atoms with Gasteiger partial charge >= 0.3 is 0 Å². The zero-order valence-electron chi connectivity index (χ0n) is 10.3. The number of hydrogen-bond acceptors (Lipinski definition) is 5. The van der Waals surface area contributed by atoms with E-state index in [1.165, 1.54) is 12.8 Å². The van der Waals surface area contributed by atoms with Crippen molar-refractivity contribution in [1.29, 1.82) is 0 Å². The van der Waals surface area contributed by atoms with E-state index < -0.39 is 0 Å². The fourth-order valence-corrected chi connectivity index (χ4v) is 2.89. The summed E-state index contributed by atoms with van der Waals surface area (Å²) in [5.41, 5.74) is 0.205. The van der Waals surface area contributed by atoms with Crippen molar-refractivity contribution in [3.05, 3.63) is 12.2 Å². The Morgan fingerprint density at radius 3 is 3.24 bits per heavy atom. The zero-order valence-corrected chi connectivity index (χ0v) is 11.1. The molecule has 0 aliphatic carbocycles. The van der Waals surface area contributed by atoms with E-state index in [1.54, 1.807) is 11.8 Å². The van der Waals surface area contributed by atoms with E-state index in [4.69, 9.17) is 0 Å². The van der Waals surface area contributed by atoms with Crippen LogP contribution in [0.2, 0.25) is 0 Å². The average molecular weight is 254 g/mol. The van der Waals surface area contributed by atoms with Crippen LogP contribution in [0.1, 0.15) is 32.5 Å². The van der Waals surface area contributed by atoms with Gasteiger partial charge in [0.2, 0.25) is 6.39 Å². The molecule has 94 valence electrons. The Hall–Kier alpha value is -1.04. The molecular formula is C11H18N4OS. The van der Waals surface area contributed by atoms with Crippen LogP contribution < -0.4 is 5.32 Å². The van der Waals surface area contributed by atoms with Crippen molar-refractivity contribution in [2.24, 2.45) is 4.99 Å². The molecule has 1 unspecified atom stereocenters. The number of aliphatic imine (C=N–C) groups is 1. The van der Waals surface area contributed by atoms with Crippen LogP contribution in [0.3, 0.4) is 0 Å². The summed E-state index contributed by atoms with van der Waals surface area (Å²) in [5.74, 6) is 1.85. The van der Waals surface area contributed by atoms with Crippen LogP contribution in [0.25, 0.3) is 0 Å². The van der Waals surface area contributed by atoms with E-state index in [1.807, 2.05) is 0 Å². The monoisotopic (exact) mass is 254 g/mol. The summed E-state index contributed by atoms with van der Waals surface area (Å²) in [5, 5.41) is 8.31. The van der Waals surface area contributed by atoms with Gasteiger partial charge in [0.25, 0.3) is 0 Å². The Bertz CT molecular complexity index is 379. The van der Waals surface area contributed by atoms with Crippen molar-refractivity contribution in [2.75, 3.05) is 12.3 Å². The standard InChI is InChI=1S/C11H18N4OS/c1-3-11(2)5-7-17-10(14-11)12-6-4-9-13-8-16-15-9/h8H,3-7H2,1-2H3,(H,12,14). The lowest BCUT2D eigenvalue weighted by Crippen LogP contribution is -2.48. The van der Waals surface area contributed by atoms with Crippen molar-refractivity contribution in [2.45, 2.75) is 38.6 Å². The van der Waals surface area contributed by atoms with E-state index in [2.05, 4.69) is 38.8 Å². The Kier molecular flexibility index (Phi) is 4.04. The summed E-state index contributed by atoms with van der Waals surface area (Å²) < 4.78 is 4.68. The molecule has 0 aromatic carbocycles. The average Bonchev–Trinajstić information content (AvgIpc) is 2.82. The Morgan fingerprint density at radius 1 is 1.65 bits per heavy atom. The molecule has 1 N–H and O–H groups in total. The molecule has 17 heavy (non-hydrogen) atoms. The summed E-state index contributed by atoms with van der Waals surface area (Å²) in [4.78, 5) is 8.52. The predicted molar refractivity (Wildman–Crippen MR) is 69.2 cm³/mol. The van der Waals surface area contributed by atoms with Crippen LogP contribution in [0.5, 0.6) is 0 Å². The first-order valence-electron chi connectivity index (χ1n) is 5.92. The van der Waals surface area contributed by atoms with Gasteiger partial charge in [-0.25, -0.2) is 0 Å². The summed E-state index contributed by atoms with van der Waals surface area (Å²) in [6, 6.07) is 0. The van der Waals surface area contributed by atoms with Gasteiger partial charge < -0.3 is 9.84 Å². The molecular weight excluding hydrogens is 236 g/mol. The van der Waals surface area contributed by atoms with E-state index in [0.717, 1.165) is 23.8 Å². The lowest BCUT2D eigenvalue weighted by molar-refractivity contribution is 0.390. The topological polar surface area (TPSA) is 63.3 Å². The minimum absolute atomic E-state index is 0.205. The van der Waals surface area contributed by atoms with Gasteiger partial charge in [0.05, 0.1) is 0 Å². The molecule has 1 aromatic heterocycles. The maximum atomic E-state index is 4.68. The molecule has 1 fully saturated rings. The molecule has 1 atom stereocenters. The van der Waals surface area contributed by atoms with Crippen molar-refractivity contribution in [1.82, 2.24) is 15.5 Å². The second-order valence-electron chi connectivity index (χ2n) is 4.42. The van der Waals surface area contributed by atoms with Gasteiger partial charge in [-0.2, -0.15) is 4.98 Å². The highest BCUT2D eigenvalue weighted by atomic mass is 32.2. The largest absolute Gasteiger partial charge is 0.360 e. The molecule has 2 heterocycles. The first-order chi connectivity index (χ1) is 8.22. The summed E-state index contributed by atoms with van der Waals surface area (Å²) >= 11 is 1.79. The van der Waals surface area contributed by atoms with Crippen molar-refractivity contribution < 1.29 is 4.52 Å². The molecule has 1 aromatic rings. The van der Waals surface area contributed by atoms with Crippen LogP contribution in [0.4, 0.5) is 0 Å². The first-order valence-corrected chi connectivity index (χ1v) is 6.91. The SMILES string of the molecule is CCC1(C)CCSC(=NCCc2ncon2)N1. The highest BCUT2D eigenvalue weighted by Gasteiger charge is 2.27. The van der Waals surface area contributed by atoms with Gasteiger partial charge in [-0.05, 0) is 19.8 Å². The van der Waals surface area contributed by atoms with Crippen LogP contribution in [-0.2, 0) is 6.42 Å². The maximum Gasteiger partial charge on any atom is 0.213 e. The van der Waals surface area contributed by atoms with Gasteiger partial charge in [0.1, 0.15) is 0 Å². The van der Waals surface area contributed by atoms with Gasteiger partial charge in [-0.1, -0.05) is 23.8 Å². The number of nitrogens with zero attached hydrogens (tertiary/aromatic N) is 3. The minimum Gasteiger partial charge on any atom is -0.360 e. The second-order valence-corrected chi connectivity index (χ2v) is 5.51. The first kappa shape index (κ1) is 12.4. The number of amidine groups is 1. The quantitative estimate of drug-likeness (QED) is 0.888. The fourth-order valence-electron chi connectivity index (χ4n) is 1.64. The number of hydrogen-bond donors (Lipinski definition) is 1. The van der Waals surface area contributed by atoms with Crippen molar-refractivity contribution in [3.63, 3.8) is 0 Å². The fraction of sp³-hybridized carbons (Fsp3) is 0.727. The maximum absolute atomic E-state index is 4.68. The van der Waals surface area contributed by atoms with Crippen molar-refractivity contribution in [3.8, 4) is 0 Å². The number of rotatable bonds is 4. The molecule has 1 aliphatic heterocycles. The number of aromatic nitrogens is 2. The van der Waals surface area contributed by atoms with Gasteiger partial charge in [0, 0.05) is 24.3 Å². The molecule has 6 heteroatoms. The Morgan fingerprint density at radius 2 is 2.53 bits per heavy atom.